The molecular formula is C53H58F2N4O10. The summed E-state index contributed by atoms with van der Waals surface area (Å²) in [6, 6.07) is 6.09. The van der Waals surface area contributed by atoms with Crippen LogP contribution >= 0.6 is 0 Å². The molecule has 0 amide bonds. The number of nitrogens with zero attached hydrogens (tertiary/aromatic N) is 4. The highest BCUT2D eigenvalue weighted by atomic mass is 19.1. The smallest absolute Gasteiger partial charge is 0.340 e. The highest BCUT2D eigenvalue weighted by Gasteiger charge is 2.39. The van der Waals surface area contributed by atoms with Crippen LogP contribution in [-0.2, 0) is 58.2 Å². The molecule has 12 rings (SSSR count). The number of aliphatic hydroxyl groups excluding tert-OH is 4. The minimum Gasteiger partial charge on any atom is -0.458 e. The lowest BCUT2D eigenvalue weighted by atomic mass is 9.77. The zero-order valence-corrected chi connectivity index (χ0v) is 40.2. The number of carbonyl (C=O) groups excluding carboxylic acids is 2. The lowest BCUT2D eigenvalue weighted by Gasteiger charge is -2.28. The van der Waals surface area contributed by atoms with E-state index >= 15 is 0 Å². The zero-order valence-electron chi connectivity index (χ0n) is 40.2. The van der Waals surface area contributed by atoms with Crippen molar-refractivity contribution in [3.8, 4) is 22.8 Å². The summed E-state index contributed by atoms with van der Waals surface area (Å²) < 4.78 is 42.4. The van der Waals surface area contributed by atoms with Gasteiger partial charge in [0.25, 0.3) is 11.1 Å². The average molecular weight is 949 g/mol. The van der Waals surface area contributed by atoms with E-state index < -0.39 is 24.1 Å². The molecule has 4 unspecified atom stereocenters. The van der Waals surface area contributed by atoms with Crippen molar-refractivity contribution in [3.63, 3.8) is 0 Å². The molecule has 6 aliphatic rings. The summed E-state index contributed by atoms with van der Waals surface area (Å²) in [5.74, 6) is -2.28. The van der Waals surface area contributed by atoms with Crippen LogP contribution in [0.5, 0.6) is 0 Å². The van der Waals surface area contributed by atoms with Crippen LogP contribution in [0, 0.1) is 25.5 Å². The molecule has 0 saturated heterocycles. The molecule has 0 spiro atoms. The highest BCUT2D eigenvalue weighted by molar-refractivity contribution is 5.94. The molecular weight excluding hydrogens is 891 g/mol. The molecule has 14 nitrogen and oxygen atoms in total. The first-order valence-corrected chi connectivity index (χ1v) is 24.0. The number of hydrogen-bond acceptors (Lipinski definition) is 12. The number of carbonyl (C=O) groups is 2. The van der Waals surface area contributed by atoms with Crippen LogP contribution < -0.4 is 11.1 Å². The van der Waals surface area contributed by atoms with Crippen molar-refractivity contribution >= 4 is 33.7 Å². The van der Waals surface area contributed by atoms with Crippen LogP contribution in [0.15, 0.2) is 33.9 Å². The van der Waals surface area contributed by atoms with Crippen molar-refractivity contribution in [2.24, 2.45) is 0 Å². The molecule has 4 aromatic heterocycles. The van der Waals surface area contributed by atoms with Crippen molar-refractivity contribution < 1.29 is 48.3 Å². The monoisotopic (exact) mass is 948 g/mol. The maximum absolute atomic E-state index is 14.7. The number of hydrogen-bond donors (Lipinski definition) is 4. The number of halogens is 2. The minimum absolute atomic E-state index is 0.0333. The molecule has 8 heterocycles. The van der Waals surface area contributed by atoms with Crippen molar-refractivity contribution in [2.45, 2.75) is 138 Å². The summed E-state index contributed by atoms with van der Waals surface area (Å²) in [5, 5.41) is 42.1. The Hall–Kier alpha value is -6.20. The molecule has 0 radical (unpaired) electrons. The van der Waals surface area contributed by atoms with Gasteiger partial charge in [0, 0.05) is 64.3 Å². The molecule has 0 fully saturated rings. The number of aromatic nitrogens is 4. The number of ether oxygens (including phenoxy) is 2. The van der Waals surface area contributed by atoms with Gasteiger partial charge in [0.2, 0.25) is 0 Å². The SMILES string of the molecule is CC.CC.CC.Cc1c(F)cc2nc3c(c4c2c1CCC4CCO)Cn1c-3cc2c(c1=O)COC(=O)C2O.Cc1c(F)cc2nc3c(c4c2c1CCC4CO)Cn1c-3cc2c(c1=O)COC(=O)C2O. The first kappa shape index (κ1) is 49.2. The summed E-state index contributed by atoms with van der Waals surface area (Å²) in [6.45, 7) is 15.7. The lowest BCUT2D eigenvalue weighted by molar-refractivity contribution is -0.158. The van der Waals surface area contributed by atoms with Gasteiger partial charge in [0.1, 0.15) is 24.8 Å². The number of aryl methyl sites for hydroxylation is 2. The van der Waals surface area contributed by atoms with Crippen LogP contribution in [0.3, 0.4) is 0 Å². The van der Waals surface area contributed by atoms with Gasteiger partial charge in [0.15, 0.2) is 12.2 Å². The number of benzene rings is 2. The Morgan fingerprint density at radius 3 is 1.42 bits per heavy atom. The maximum atomic E-state index is 14.7. The largest absolute Gasteiger partial charge is 0.458 e. The van der Waals surface area contributed by atoms with Crippen LogP contribution in [0.2, 0.25) is 0 Å². The highest BCUT2D eigenvalue weighted by Crippen LogP contribution is 2.48. The topological polar surface area (TPSA) is 203 Å². The Morgan fingerprint density at radius 1 is 0.609 bits per heavy atom. The third kappa shape index (κ3) is 7.58. The van der Waals surface area contributed by atoms with Gasteiger partial charge in [-0.3, -0.25) is 9.59 Å². The number of fused-ring (bicyclic) bond motifs is 10. The molecule has 6 aromatic rings. The van der Waals surface area contributed by atoms with E-state index in [0.717, 1.165) is 50.6 Å². The van der Waals surface area contributed by atoms with E-state index in [9.17, 15) is 48.4 Å². The second-order valence-electron chi connectivity index (χ2n) is 17.3. The minimum atomic E-state index is -1.53. The summed E-state index contributed by atoms with van der Waals surface area (Å²) in [7, 11) is 0. The number of cyclic esters (lactones) is 2. The van der Waals surface area contributed by atoms with Crippen molar-refractivity contribution in [1.29, 1.82) is 0 Å². The molecule has 69 heavy (non-hydrogen) atoms. The van der Waals surface area contributed by atoms with E-state index in [1.807, 2.05) is 41.5 Å². The molecule has 2 aliphatic carbocycles. The third-order valence-electron chi connectivity index (χ3n) is 14.2. The molecule has 16 heteroatoms. The molecule has 4 atom stereocenters. The number of esters is 2. The van der Waals surface area contributed by atoms with E-state index in [4.69, 9.17) is 19.4 Å². The number of pyridine rings is 4. The second-order valence-corrected chi connectivity index (χ2v) is 17.3. The van der Waals surface area contributed by atoms with Crippen LogP contribution in [0.4, 0.5) is 8.78 Å². The molecule has 2 aromatic carbocycles. The summed E-state index contributed by atoms with van der Waals surface area (Å²) >= 11 is 0. The van der Waals surface area contributed by atoms with Crippen molar-refractivity contribution in [1.82, 2.24) is 19.1 Å². The van der Waals surface area contributed by atoms with E-state index in [0.29, 0.717) is 77.2 Å². The Labute approximate surface area is 397 Å². The van der Waals surface area contributed by atoms with E-state index in [-0.39, 0.29) is 89.8 Å². The summed E-state index contributed by atoms with van der Waals surface area (Å²) in [5.41, 5.74) is 10.1. The third-order valence-corrected chi connectivity index (χ3v) is 14.2. The van der Waals surface area contributed by atoms with Gasteiger partial charge in [-0.2, -0.15) is 0 Å². The zero-order chi connectivity index (χ0) is 49.9. The Kier molecular flexibility index (Phi) is 13.8. The van der Waals surface area contributed by atoms with E-state index in [1.54, 1.807) is 35.1 Å². The summed E-state index contributed by atoms with van der Waals surface area (Å²) in [4.78, 5) is 59.6. The second kappa shape index (κ2) is 19.3. The number of aliphatic hydroxyl groups is 4. The lowest BCUT2D eigenvalue weighted by Crippen LogP contribution is -2.32. The molecule has 0 saturated carbocycles. The Morgan fingerprint density at radius 2 is 1.01 bits per heavy atom. The first-order chi connectivity index (χ1) is 33.3. The molecule has 0 bridgehead atoms. The van der Waals surface area contributed by atoms with Gasteiger partial charge in [-0.1, -0.05) is 41.5 Å². The van der Waals surface area contributed by atoms with E-state index in [2.05, 4.69) is 0 Å². The van der Waals surface area contributed by atoms with Crippen LogP contribution in [0.25, 0.3) is 44.6 Å². The fourth-order valence-electron chi connectivity index (χ4n) is 11.0. The summed E-state index contributed by atoms with van der Waals surface area (Å²) in [6.07, 6.45) is 0.367. The Balaban J connectivity index is 0.000000168. The fraction of sp³-hybridized carbons (Fsp3) is 0.434. The van der Waals surface area contributed by atoms with E-state index in [1.165, 1.54) is 12.1 Å². The molecule has 4 N–H and O–H groups in total. The molecule has 4 aliphatic heterocycles. The van der Waals surface area contributed by atoms with Gasteiger partial charge in [0.05, 0.1) is 58.0 Å². The fourth-order valence-corrected chi connectivity index (χ4v) is 11.0. The predicted molar refractivity (Wildman–Crippen MR) is 255 cm³/mol. The molecule has 364 valence electrons. The van der Waals surface area contributed by atoms with Gasteiger partial charge in [-0.15, -0.1) is 0 Å². The van der Waals surface area contributed by atoms with Crippen molar-refractivity contribution in [2.75, 3.05) is 13.2 Å². The predicted octanol–water partition coefficient (Wildman–Crippen LogP) is 7.44. The Bertz CT molecular complexity index is 3230. The number of rotatable bonds is 3. The van der Waals surface area contributed by atoms with Gasteiger partial charge < -0.3 is 39.0 Å². The van der Waals surface area contributed by atoms with Gasteiger partial charge in [-0.25, -0.2) is 28.3 Å². The quantitative estimate of drug-likeness (QED) is 0.128. The standard InChI is InChI=1S/C24H21FN2O5.C23H19FN2O5.3C2H6/c1-10-12-3-2-11(4-5-28)19-14-8-27-18(21(14)26-17(20(12)19)7-16(10)25)6-13-15(23(27)30)9-32-24(31)22(13)29;1-9-11-3-2-10(7-27)18-13-6-26-17(20(13)25-16(19(11)18)5-15(9)24)4-12-14(22(26)29)8-31-23(30)21(12)28;3*1-2/h6-7,11,22,28-29H,2-5,8-9H2,1H3;4-5,10,21,27-28H,2-3,6-8H2,1H3;3*1-2H3. The van der Waals surface area contributed by atoms with Crippen molar-refractivity contribution in [3.05, 3.63) is 123 Å². The van der Waals surface area contributed by atoms with Crippen LogP contribution in [-0.4, -0.2) is 64.7 Å². The van der Waals surface area contributed by atoms with Gasteiger partial charge >= 0.3 is 11.9 Å². The van der Waals surface area contributed by atoms with Gasteiger partial charge in [-0.05, 0) is 97.4 Å². The average Bonchev–Trinajstić information content (AvgIpc) is 3.93. The normalized spacial score (nSPS) is 19.3. The maximum Gasteiger partial charge on any atom is 0.340 e. The van der Waals surface area contributed by atoms with Crippen LogP contribution in [0.1, 0.15) is 152 Å². The first-order valence-electron chi connectivity index (χ1n) is 24.0.